The Morgan fingerprint density at radius 1 is 0.879 bits per heavy atom. The van der Waals surface area contributed by atoms with Gasteiger partial charge in [0.05, 0.1) is 49.7 Å². The van der Waals surface area contributed by atoms with E-state index in [1.54, 1.807) is 56.6 Å². The van der Waals surface area contributed by atoms with Crippen molar-refractivity contribution in [1.29, 1.82) is 0 Å². The third kappa shape index (κ3) is 13.4. The molecule has 2 atom stereocenters. The topological polar surface area (TPSA) is 193 Å². The van der Waals surface area contributed by atoms with Crippen LogP contribution in [0.1, 0.15) is 82.7 Å². The Kier molecular flexibility index (Phi) is 20.6. The van der Waals surface area contributed by atoms with E-state index in [0.717, 1.165) is 61.9 Å². The molecule has 0 saturated carbocycles. The molecule has 1 unspecified atom stereocenters. The van der Waals surface area contributed by atoms with Gasteiger partial charge in [-0.1, -0.05) is 82.6 Å². The second kappa shape index (κ2) is 26.2. The highest BCUT2D eigenvalue weighted by Gasteiger charge is 2.29. The van der Waals surface area contributed by atoms with Crippen LogP contribution in [0.25, 0.3) is 44.2 Å². The van der Waals surface area contributed by atoms with Crippen LogP contribution in [0.15, 0.2) is 79.0 Å². The quantitative estimate of drug-likeness (QED) is 0.0729. The molecule has 354 valence electrons. The molecule has 1 aliphatic heterocycles. The normalized spacial score (nSPS) is 11.9. The van der Waals surface area contributed by atoms with Gasteiger partial charge in [-0.3, -0.25) is 14.4 Å². The molecule has 0 bridgehead atoms. The van der Waals surface area contributed by atoms with Crippen molar-refractivity contribution in [3.05, 3.63) is 102 Å². The summed E-state index contributed by atoms with van der Waals surface area (Å²) in [5.41, 5.74) is 7.12. The largest absolute Gasteiger partial charge is 0.488 e. The standard InChI is InChI=1S/C43H46N8O6.C3H8.2C2H6O/c1-5-16-50(42(54)40(49-43(55)56-4)27-10-8-7-9-11-27)22-38-46-34-15-13-28-18-33-31-14-12-29(17-30(31)24-57-36(33)19-32(28)41(34)48-38)35-20-45-37(47-35)23-51(26(3)6-2)39(53)21-44-25-52;3*1-3-2/h7-15,17-20,25-26,40H,5-6,16,21-24H2,1-4H3,(H,44,52)(H,45,47)(H,46,48)(H,49,55);3H2,1-2H3;2*1-2H3/t26-,40?;;;/m0.../s1. The molecule has 7 rings (SSSR count). The van der Waals surface area contributed by atoms with Gasteiger partial charge in [0.25, 0.3) is 0 Å². The summed E-state index contributed by atoms with van der Waals surface area (Å²) in [7, 11) is 7.77. The average molecular weight is 907 g/mol. The maximum atomic E-state index is 14.0. The number of benzene rings is 4. The van der Waals surface area contributed by atoms with Crippen LogP contribution in [-0.2, 0) is 48.3 Å². The fraction of sp³-hybridized carbons (Fsp3) is 0.400. The van der Waals surface area contributed by atoms with Crippen molar-refractivity contribution in [2.45, 2.75) is 85.7 Å². The molecule has 0 fully saturated rings. The first-order valence-electron chi connectivity index (χ1n) is 22.2. The molecule has 2 aromatic heterocycles. The number of carbonyl (C=O) groups is 4. The van der Waals surface area contributed by atoms with Crippen molar-refractivity contribution >= 4 is 46.1 Å². The van der Waals surface area contributed by atoms with E-state index >= 15 is 0 Å². The smallest absolute Gasteiger partial charge is 0.407 e. The zero-order chi connectivity index (χ0) is 48.2. The average Bonchev–Trinajstić information content (AvgIpc) is 3.98. The Morgan fingerprint density at radius 2 is 1.59 bits per heavy atom. The monoisotopic (exact) mass is 907 g/mol. The van der Waals surface area contributed by atoms with Gasteiger partial charge < -0.3 is 49.3 Å². The molecule has 4 aromatic carbocycles. The molecular formula is C50H66N8O8. The van der Waals surface area contributed by atoms with Crippen molar-refractivity contribution in [3.63, 3.8) is 0 Å². The van der Waals surface area contributed by atoms with Crippen molar-refractivity contribution in [2.75, 3.05) is 48.6 Å². The van der Waals surface area contributed by atoms with E-state index in [2.05, 4.69) is 79.2 Å². The second-order valence-corrected chi connectivity index (χ2v) is 15.7. The summed E-state index contributed by atoms with van der Waals surface area (Å²) < 4.78 is 19.7. The summed E-state index contributed by atoms with van der Waals surface area (Å²) in [5.74, 6) is 1.59. The lowest BCUT2D eigenvalue weighted by molar-refractivity contribution is -0.134. The lowest BCUT2D eigenvalue weighted by Gasteiger charge is -2.27. The molecule has 4 amide bonds. The third-order valence-corrected chi connectivity index (χ3v) is 10.4. The first-order chi connectivity index (χ1) is 31.9. The van der Waals surface area contributed by atoms with Crippen LogP contribution in [0.3, 0.4) is 0 Å². The van der Waals surface area contributed by atoms with Crippen LogP contribution in [0.2, 0.25) is 0 Å². The molecule has 16 nitrogen and oxygen atoms in total. The Labute approximate surface area is 387 Å². The number of alkyl carbamates (subject to hydrolysis) is 1. The highest BCUT2D eigenvalue weighted by Crippen LogP contribution is 2.42. The number of aromatic nitrogens is 4. The molecule has 0 saturated heterocycles. The summed E-state index contributed by atoms with van der Waals surface area (Å²) in [6.45, 7) is 11.5. The summed E-state index contributed by atoms with van der Waals surface area (Å²) in [6, 6.07) is 22.6. The van der Waals surface area contributed by atoms with E-state index < -0.39 is 12.1 Å². The van der Waals surface area contributed by atoms with E-state index in [0.29, 0.717) is 49.7 Å². The van der Waals surface area contributed by atoms with E-state index in [-0.39, 0.29) is 30.9 Å². The predicted octanol–water partition coefficient (Wildman–Crippen LogP) is 8.32. The zero-order valence-corrected chi connectivity index (χ0v) is 39.9. The lowest BCUT2D eigenvalue weighted by Crippen LogP contribution is -2.43. The zero-order valence-electron chi connectivity index (χ0n) is 39.9. The number of hydrogen-bond acceptors (Lipinski definition) is 10. The molecule has 1 aliphatic rings. The van der Waals surface area contributed by atoms with Crippen LogP contribution in [-0.4, -0.2) is 109 Å². The highest BCUT2D eigenvalue weighted by molar-refractivity contribution is 6.07. The number of nitrogens with zero attached hydrogens (tertiary/aromatic N) is 4. The number of fused-ring (bicyclic) bond motifs is 6. The number of amides is 4. The Morgan fingerprint density at radius 3 is 2.24 bits per heavy atom. The van der Waals surface area contributed by atoms with E-state index in [1.807, 2.05) is 51.1 Å². The molecule has 6 aromatic rings. The minimum atomic E-state index is -0.921. The number of ether oxygens (including phenoxy) is 4. The predicted molar refractivity (Wildman–Crippen MR) is 258 cm³/mol. The number of hydrogen-bond donors (Lipinski definition) is 4. The lowest BCUT2D eigenvalue weighted by atomic mass is 9.92. The fourth-order valence-electron chi connectivity index (χ4n) is 7.28. The van der Waals surface area contributed by atoms with Gasteiger partial charge >= 0.3 is 6.09 Å². The van der Waals surface area contributed by atoms with Crippen LogP contribution < -0.4 is 15.4 Å². The first kappa shape index (κ1) is 51.9. The van der Waals surface area contributed by atoms with E-state index in [9.17, 15) is 19.2 Å². The fourth-order valence-corrected chi connectivity index (χ4v) is 7.28. The van der Waals surface area contributed by atoms with E-state index in [4.69, 9.17) is 14.5 Å². The maximum absolute atomic E-state index is 14.0. The number of rotatable bonds is 15. The molecular weight excluding hydrogens is 841 g/mol. The Hall–Kier alpha value is -6.78. The van der Waals surface area contributed by atoms with Gasteiger partial charge in [-0.2, -0.15) is 0 Å². The van der Waals surface area contributed by atoms with Crippen molar-refractivity contribution < 1.29 is 38.1 Å². The highest BCUT2D eigenvalue weighted by atomic mass is 16.5. The molecule has 4 N–H and O–H groups in total. The maximum Gasteiger partial charge on any atom is 0.407 e. The number of nitrogens with one attached hydrogen (secondary N) is 4. The SMILES string of the molecule is CCC.CCCN(Cc1nc2c(ccc3cc4c(cc32)OCc2cc(-c3cnc(CN(C(=O)CNC=O)[C@@H](C)CC)[nH]3)ccc2-4)[nH]1)C(=O)C(NC(=O)OC)c1ccccc1.COC.COC. The Bertz CT molecular complexity index is 2480. The van der Waals surface area contributed by atoms with Crippen molar-refractivity contribution in [3.8, 4) is 28.1 Å². The van der Waals surface area contributed by atoms with Crippen LogP contribution in [0.5, 0.6) is 5.75 Å². The van der Waals surface area contributed by atoms with Crippen LogP contribution in [0.4, 0.5) is 4.79 Å². The summed E-state index contributed by atoms with van der Waals surface area (Å²) in [5, 5.41) is 7.08. The van der Waals surface area contributed by atoms with Gasteiger partial charge in [-0.25, -0.2) is 14.8 Å². The minimum absolute atomic E-state index is 0.0222. The third-order valence-electron chi connectivity index (χ3n) is 10.4. The number of methoxy groups -OCH3 is 3. The summed E-state index contributed by atoms with van der Waals surface area (Å²) >= 11 is 0. The molecule has 16 heteroatoms. The number of imidazole rings is 2. The van der Waals surface area contributed by atoms with Crippen molar-refractivity contribution in [2.24, 2.45) is 0 Å². The van der Waals surface area contributed by atoms with Crippen molar-refractivity contribution in [1.82, 2.24) is 40.4 Å². The minimum Gasteiger partial charge on any atom is -0.488 e. The van der Waals surface area contributed by atoms with Gasteiger partial charge in [0.1, 0.15) is 30.0 Å². The molecule has 3 heterocycles. The number of aromatic amines is 2. The first-order valence-corrected chi connectivity index (χ1v) is 22.2. The molecule has 0 spiro atoms. The van der Waals surface area contributed by atoms with Gasteiger partial charge in [0.15, 0.2) is 0 Å². The second-order valence-electron chi connectivity index (χ2n) is 15.7. The van der Waals surface area contributed by atoms with Crippen LogP contribution >= 0.6 is 0 Å². The number of H-pyrrole nitrogens is 2. The van der Waals surface area contributed by atoms with Gasteiger partial charge in [-0.05, 0) is 71.7 Å². The molecule has 66 heavy (non-hydrogen) atoms. The summed E-state index contributed by atoms with van der Waals surface area (Å²) in [4.78, 5) is 69.6. The number of carbonyl (C=O) groups excluding carboxylic acids is 4. The van der Waals surface area contributed by atoms with Gasteiger partial charge in [0, 0.05) is 52.0 Å². The Balaban J connectivity index is 0.000000979. The summed E-state index contributed by atoms with van der Waals surface area (Å²) in [6.07, 6.45) is 4.34. The van der Waals surface area contributed by atoms with Gasteiger partial charge in [0.2, 0.25) is 18.2 Å². The van der Waals surface area contributed by atoms with Gasteiger partial charge in [-0.15, -0.1) is 0 Å². The van der Waals surface area contributed by atoms with Crippen LogP contribution in [0, 0.1) is 0 Å². The van der Waals surface area contributed by atoms with E-state index in [1.165, 1.54) is 13.5 Å². The molecule has 0 radical (unpaired) electrons. The molecule has 0 aliphatic carbocycles.